The lowest BCUT2D eigenvalue weighted by Crippen LogP contribution is -2.35. The maximum atomic E-state index is 11.6. The van der Waals surface area contributed by atoms with Crippen LogP contribution in [0.3, 0.4) is 0 Å². The fourth-order valence-electron chi connectivity index (χ4n) is 1.81. The molecule has 1 aliphatic heterocycles. The molecule has 0 aromatic heterocycles. The van der Waals surface area contributed by atoms with Gasteiger partial charge in [0.1, 0.15) is 0 Å². The van der Waals surface area contributed by atoms with Crippen LogP contribution < -0.4 is 5.01 Å². The highest BCUT2D eigenvalue weighted by Crippen LogP contribution is 2.26. The third kappa shape index (κ3) is 1.86. The van der Waals surface area contributed by atoms with Gasteiger partial charge in [0, 0.05) is 11.5 Å². The minimum Gasteiger partial charge on any atom is -0.282 e. The number of halogens is 1. The summed E-state index contributed by atoms with van der Waals surface area (Å²) < 4.78 is 1.03. The van der Waals surface area contributed by atoms with Gasteiger partial charge in [-0.25, -0.2) is 0 Å². The zero-order valence-electron chi connectivity index (χ0n) is 8.77. The van der Waals surface area contributed by atoms with Gasteiger partial charge in [0.15, 0.2) is 0 Å². The highest BCUT2D eigenvalue weighted by molar-refractivity contribution is 9.10. The van der Waals surface area contributed by atoms with Crippen LogP contribution in [0.5, 0.6) is 0 Å². The number of anilines is 1. The molecule has 0 N–H and O–H groups in total. The summed E-state index contributed by atoms with van der Waals surface area (Å²) in [5.41, 5.74) is 1.05. The van der Waals surface area contributed by atoms with Crippen molar-refractivity contribution in [2.45, 2.75) is 6.92 Å². The molecular formula is C11H13BrN2O. The van der Waals surface area contributed by atoms with E-state index in [1.165, 1.54) is 0 Å². The standard InChI is InChI=1S/C11H13BrN2O/c1-8-7-14(13(2)11(8)15)10-5-3-4-9(12)6-10/h3-6,8H,7H2,1-2H3. The molecule has 0 radical (unpaired) electrons. The van der Waals surface area contributed by atoms with E-state index in [4.69, 9.17) is 0 Å². The van der Waals surface area contributed by atoms with Crippen LogP contribution in [0.4, 0.5) is 5.69 Å². The molecule has 15 heavy (non-hydrogen) atoms. The maximum Gasteiger partial charge on any atom is 0.245 e. The fourth-order valence-corrected chi connectivity index (χ4v) is 2.20. The van der Waals surface area contributed by atoms with Crippen molar-refractivity contribution in [3.63, 3.8) is 0 Å². The molecule has 1 unspecified atom stereocenters. The van der Waals surface area contributed by atoms with E-state index in [2.05, 4.69) is 15.9 Å². The second-order valence-electron chi connectivity index (χ2n) is 3.82. The van der Waals surface area contributed by atoms with Gasteiger partial charge in [0.2, 0.25) is 5.91 Å². The largest absolute Gasteiger partial charge is 0.282 e. The molecule has 0 bridgehead atoms. The molecule has 1 aromatic rings. The van der Waals surface area contributed by atoms with Gasteiger partial charge in [0.05, 0.1) is 18.2 Å². The topological polar surface area (TPSA) is 23.6 Å². The molecular weight excluding hydrogens is 256 g/mol. The Morgan fingerprint density at radius 1 is 1.47 bits per heavy atom. The number of carbonyl (C=O) groups is 1. The van der Waals surface area contributed by atoms with Gasteiger partial charge in [-0.15, -0.1) is 0 Å². The Labute approximate surface area is 97.8 Å². The zero-order chi connectivity index (χ0) is 11.0. The molecule has 1 aliphatic rings. The Hall–Kier alpha value is -1.03. The molecule has 1 heterocycles. The van der Waals surface area contributed by atoms with Gasteiger partial charge in [-0.1, -0.05) is 28.9 Å². The molecule has 0 saturated carbocycles. The van der Waals surface area contributed by atoms with Gasteiger partial charge in [0.25, 0.3) is 0 Å². The number of hydrogen-bond acceptors (Lipinski definition) is 2. The Morgan fingerprint density at radius 2 is 2.20 bits per heavy atom. The van der Waals surface area contributed by atoms with Crippen LogP contribution in [0.1, 0.15) is 6.92 Å². The van der Waals surface area contributed by atoms with Crippen molar-refractivity contribution in [2.24, 2.45) is 5.92 Å². The Morgan fingerprint density at radius 3 is 2.73 bits per heavy atom. The third-order valence-electron chi connectivity index (χ3n) is 2.66. The van der Waals surface area contributed by atoms with E-state index in [1.807, 2.05) is 43.2 Å². The molecule has 0 spiro atoms. The molecule has 1 fully saturated rings. The molecule has 0 aliphatic carbocycles. The Bertz CT molecular complexity index is 394. The first-order valence-corrected chi connectivity index (χ1v) is 5.69. The summed E-state index contributed by atoms with van der Waals surface area (Å²) in [5, 5.41) is 3.68. The van der Waals surface area contributed by atoms with Crippen LogP contribution in [0.15, 0.2) is 28.7 Å². The predicted molar refractivity (Wildman–Crippen MR) is 63.4 cm³/mol. The average molecular weight is 269 g/mol. The molecule has 1 saturated heterocycles. The second kappa shape index (κ2) is 3.85. The highest BCUT2D eigenvalue weighted by Gasteiger charge is 2.32. The van der Waals surface area contributed by atoms with Crippen LogP contribution >= 0.6 is 15.9 Å². The van der Waals surface area contributed by atoms with Gasteiger partial charge >= 0.3 is 0 Å². The van der Waals surface area contributed by atoms with E-state index in [1.54, 1.807) is 5.01 Å². The van der Waals surface area contributed by atoms with Crippen molar-refractivity contribution in [3.05, 3.63) is 28.7 Å². The first kappa shape index (κ1) is 10.5. The predicted octanol–water partition coefficient (Wildman–Crippen LogP) is 2.28. The summed E-state index contributed by atoms with van der Waals surface area (Å²) in [5.74, 6) is 0.254. The summed E-state index contributed by atoms with van der Waals surface area (Å²) >= 11 is 3.43. The summed E-state index contributed by atoms with van der Waals surface area (Å²) in [6, 6.07) is 7.97. The molecule has 1 amide bonds. The molecule has 80 valence electrons. The number of benzene rings is 1. The summed E-state index contributed by atoms with van der Waals surface area (Å²) in [7, 11) is 1.81. The lowest BCUT2D eigenvalue weighted by atomic mass is 10.2. The number of amides is 1. The van der Waals surface area contributed by atoms with Crippen molar-refractivity contribution < 1.29 is 4.79 Å². The van der Waals surface area contributed by atoms with Crippen molar-refractivity contribution in [1.29, 1.82) is 0 Å². The average Bonchev–Trinajstić information content (AvgIpc) is 2.46. The fraction of sp³-hybridized carbons (Fsp3) is 0.364. The minimum atomic E-state index is 0.0778. The summed E-state index contributed by atoms with van der Waals surface area (Å²) in [6.45, 7) is 2.71. The normalized spacial score (nSPS) is 21.3. The molecule has 3 nitrogen and oxygen atoms in total. The van der Waals surface area contributed by atoms with Crippen molar-refractivity contribution >= 4 is 27.5 Å². The minimum absolute atomic E-state index is 0.0778. The molecule has 2 rings (SSSR count). The van der Waals surface area contributed by atoms with Crippen molar-refractivity contribution in [3.8, 4) is 0 Å². The SMILES string of the molecule is CC1CN(c2cccc(Br)c2)N(C)C1=O. The van der Waals surface area contributed by atoms with E-state index in [0.29, 0.717) is 0 Å². The van der Waals surface area contributed by atoms with Gasteiger partial charge in [-0.3, -0.25) is 14.8 Å². The molecule has 4 heteroatoms. The monoisotopic (exact) mass is 268 g/mol. The van der Waals surface area contributed by atoms with Crippen LogP contribution in [0.2, 0.25) is 0 Å². The quantitative estimate of drug-likeness (QED) is 0.780. The van der Waals surface area contributed by atoms with E-state index >= 15 is 0 Å². The second-order valence-corrected chi connectivity index (χ2v) is 4.74. The number of rotatable bonds is 1. The first-order valence-electron chi connectivity index (χ1n) is 4.90. The van der Waals surface area contributed by atoms with Crippen LogP contribution in [-0.2, 0) is 4.79 Å². The number of hydrazine groups is 1. The lowest BCUT2D eigenvalue weighted by Gasteiger charge is -2.26. The van der Waals surface area contributed by atoms with Crippen molar-refractivity contribution in [1.82, 2.24) is 5.01 Å². The van der Waals surface area contributed by atoms with Crippen molar-refractivity contribution in [2.75, 3.05) is 18.6 Å². The Balaban J connectivity index is 2.29. The van der Waals surface area contributed by atoms with Gasteiger partial charge < -0.3 is 0 Å². The number of nitrogens with zero attached hydrogens (tertiary/aromatic N) is 2. The van der Waals surface area contributed by atoms with Crippen LogP contribution in [-0.4, -0.2) is 24.5 Å². The smallest absolute Gasteiger partial charge is 0.245 e. The lowest BCUT2D eigenvalue weighted by molar-refractivity contribution is -0.129. The number of hydrogen-bond donors (Lipinski definition) is 0. The molecule has 1 aromatic carbocycles. The third-order valence-corrected chi connectivity index (χ3v) is 3.15. The Kier molecular flexibility index (Phi) is 2.69. The van der Waals surface area contributed by atoms with E-state index in [0.717, 1.165) is 16.7 Å². The van der Waals surface area contributed by atoms with Crippen LogP contribution in [0, 0.1) is 5.92 Å². The van der Waals surface area contributed by atoms with E-state index in [-0.39, 0.29) is 11.8 Å². The molecule has 1 atom stereocenters. The first-order chi connectivity index (χ1) is 7.09. The van der Waals surface area contributed by atoms with Gasteiger partial charge in [-0.2, -0.15) is 0 Å². The maximum absolute atomic E-state index is 11.6. The number of carbonyl (C=O) groups excluding carboxylic acids is 1. The van der Waals surface area contributed by atoms with Gasteiger partial charge in [-0.05, 0) is 18.2 Å². The van der Waals surface area contributed by atoms with E-state index in [9.17, 15) is 4.79 Å². The highest BCUT2D eigenvalue weighted by atomic mass is 79.9. The summed E-state index contributed by atoms with van der Waals surface area (Å²) in [4.78, 5) is 11.6. The zero-order valence-corrected chi connectivity index (χ0v) is 10.4. The van der Waals surface area contributed by atoms with E-state index < -0.39 is 0 Å². The van der Waals surface area contributed by atoms with Crippen LogP contribution in [0.25, 0.3) is 0 Å². The summed E-state index contributed by atoms with van der Waals surface area (Å²) in [6.07, 6.45) is 0.